The van der Waals surface area contributed by atoms with Crippen molar-refractivity contribution in [1.29, 1.82) is 0 Å². The maximum Gasteiger partial charge on any atom is 0.254 e. The third-order valence-corrected chi connectivity index (χ3v) is 8.45. The quantitative estimate of drug-likeness (QED) is 0.462. The van der Waals surface area contributed by atoms with Crippen molar-refractivity contribution in [2.75, 3.05) is 18.4 Å². The SMILES string of the molecule is Cc1ccccc1C(=O)N1CCCC(C(=O)Nc2cccc(C(C)(C)C)c2)C1C1CCC[C@H](CNC=O)C1. The van der Waals surface area contributed by atoms with Gasteiger partial charge in [0.15, 0.2) is 0 Å². The molecule has 1 heterocycles. The van der Waals surface area contributed by atoms with Gasteiger partial charge in [-0.25, -0.2) is 0 Å². The van der Waals surface area contributed by atoms with E-state index in [9.17, 15) is 14.4 Å². The van der Waals surface area contributed by atoms with Gasteiger partial charge in [0.1, 0.15) is 0 Å². The van der Waals surface area contributed by atoms with Gasteiger partial charge >= 0.3 is 0 Å². The molecule has 4 atom stereocenters. The summed E-state index contributed by atoms with van der Waals surface area (Å²) in [5.74, 6) is 0.318. The number of likely N-dealkylation sites (tertiary alicyclic amines) is 1. The van der Waals surface area contributed by atoms with Crippen molar-refractivity contribution in [3.8, 4) is 0 Å². The number of hydrogen-bond donors (Lipinski definition) is 2. The molecule has 1 aliphatic heterocycles. The lowest BCUT2D eigenvalue weighted by Gasteiger charge is -2.47. The molecule has 1 aliphatic carbocycles. The third kappa shape index (κ3) is 6.46. The predicted molar refractivity (Wildman–Crippen MR) is 152 cm³/mol. The van der Waals surface area contributed by atoms with Gasteiger partial charge in [-0.1, -0.05) is 57.5 Å². The van der Waals surface area contributed by atoms with Crippen molar-refractivity contribution in [2.45, 2.75) is 77.7 Å². The molecule has 2 aromatic carbocycles. The van der Waals surface area contributed by atoms with Gasteiger partial charge in [0.2, 0.25) is 12.3 Å². The molecule has 6 nitrogen and oxygen atoms in total. The highest BCUT2D eigenvalue weighted by Crippen LogP contribution is 2.40. The van der Waals surface area contributed by atoms with Crippen LogP contribution in [0.2, 0.25) is 0 Å². The van der Waals surface area contributed by atoms with Crippen LogP contribution in [0.3, 0.4) is 0 Å². The summed E-state index contributed by atoms with van der Waals surface area (Å²) in [7, 11) is 0. The van der Waals surface area contributed by atoms with Crippen LogP contribution in [-0.4, -0.2) is 42.3 Å². The fourth-order valence-corrected chi connectivity index (χ4v) is 6.43. The fourth-order valence-electron chi connectivity index (χ4n) is 6.43. The van der Waals surface area contributed by atoms with Crippen LogP contribution in [0.1, 0.15) is 80.8 Å². The van der Waals surface area contributed by atoms with Crippen LogP contribution in [0.4, 0.5) is 5.69 Å². The molecule has 2 fully saturated rings. The van der Waals surface area contributed by atoms with Crippen LogP contribution < -0.4 is 10.6 Å². The second kappa shape index (κ2) is 12.1. The van der Waals surface area contributed by atoms with Crippen molar-refractivity contribution in [3.63, 3.8) is 0 Å². The van der Waals surface area contributed by atoms with Crippen LogP contribution in [-0.2, 0) is 15.0 Å². The number of benzene rings is 2. The van der Waals surface area contributed by atoms with Crippen LogP contribution >= 0.6 is 0 Å². The van der Waals surface area contributed by atoms with Crippen molar-refractivity contribution in [2.24, 2.45) is 17.8 Å². The first-order chi connectivity index (χ1) is 18.2. The molecular weight excluding hydrogens is 474 g/mol. The number of nitrogens with zero attached hydrogens (tertiary/aromatic N) is 1. The first-order valence-electron chi connectivity index (χ1n) is 14.1. The lowest BCUT2D eigenvalue weighted by Crippen LogP contribution is -2.56. The average molecular weight is 518 g/mol. The van der Waals surface area contributed by atoms with E-state index in [0.717, 1.165) is 56.2 Å². The van der Waals surface area contributed by atoms with Gasteiger partial charge in [-0.15, -0.1) is 0 Å². The molecule has 0 spiro atoms. The summed E-state index contributed by atoms with van der Waals surface area (Å²) in [5, 5.41) is 6.07. The minimum Gasteiger partial charge on any atom is -0.358 e. The van der Waals surface area contributed by atoms with Crippen LogP contribution in [0.15, 0.2) is 48.5 Å². The van der Waals surface area contributed by atoms with Gasteiger partial charge in [0.25, 0.3) is 5.91 Å². The van der Waals surface area contributed by atoms with E-state index in [1.165, 1.54) is 5.56 Å². The molecule has 6 heteroatoms. The van der Waals surface area contributed by atoms with Gasteiger partial charge in [0, 0.05) is 30.4 Å². The number of carbonyl (C=O) groups excluding carboxylic acids is 3. The van der Waals surface area contributed by atoms with Gasteiger partial charge in [-0.3, -0.25) is 14.4 Å². The number of amides is 3. The van der Waals surface area contributed by atoms with E-state index >= 15 is 0 Å². The van der Waals surface area contributed by atoms with E-state index in [0.29, 0.717) is 24.6 Å². The van der Waals surface area contributed by atoms with Crippen molar-refractivity contribution < 1.29 is 14.4 Å². The smallest absolute Gasteiger partial charge is 0.254 e. The molecule has 0 radical (unpaired) electrons. The summed E-state index contributed by atoms with van der Waals surface area (Å²) in [4.78, 5) is 40.8. The number of aryl methyl sites for hydroxylation is 1. The Hall–Kier alpha value is -3.15. The van der Waals surface area contributed by atoms with Gasteiger partial charge in [-0.05, 0) is 85.6 Å². The zero-order valence-corrected chi connectivity index (χ0v) is 23.3. The molecule has 4 rings (SSSR count). The molecule has 3 unspecified atom stereocenters. The third-order valence-electron chi connectivity index (χ3n) is 8.45. The maximum absolute atomic E-state index is 13.9. The molecule has 0 bridgehead atoms. The Balaban J connectivity index is 1.63. The number of piperidine rings is 1. The zero-order chi connectivity index (χ0) is 27.3. The highest BCUT2D eigenvalue weighted by atomic mass is 16.2. The fraction of sp³-hybridized carbons (Fsp3) is 0.531. The summed E-state index contributed by atoms with van der Waals surface area (Å²) < 4.78 is 0. The molecule has 38 heavy (non-hydrogen) atoms. The maximum atomic E-state index is 13.9. The van der Waals surface area contributed by atoms with Crippen molar-refractivity contribution in [1.82, 2.24) is 10.2 Å². The Bertz CT molecular complexity index is 1140. The summed E-state index contributed by atoms with van der Waals surface area (Å²) in [6, 6.07) is 15.7. The summed E-state index contributed by atoms with van der Waals surface area (Å²) in [6.45, 7) is 9.78. The number of anilines is 1. The Morgan fingerprint density at radius 2 is 1.82 bits per heavy atom. The molecule has 2 aliphatic rings. The van der Waals surface area contributed by atoms with E-state index < -0.39 is 0 Å². The topological polar surface area (TPSA) is 78.5 Å². The van der Waals surface area contributed by atoms with E-state index in [1.807, 2.05) is 48.2 Å². The highest BCUT2D eigenvalue weighted by Gasteiger charge is 2.44. The van der Waals surface area contributed by atoms with E-state index in [2.05, 4.69) is 43.5 Å². The van der Waals surface area contributed by atoms with Crippen molar-refractivity contribution >= 4 is 23.9 Å². The standard InChI is InChI=1S/C32H43N3O3/c1-22-10-5-6-15-27(22)31(38)35-17-9-16-28(29(35)24-12-7-11-23(18-24)20-33-21-36)30(37)34-26-14-8-13-25(19-26)32(2,3)4/h5-6,8,10,13-15,19,21,23-24,28-29H,7,9,11-12,16-18,20H2,1-4H3,(H,33,36)(H,34,37)/t23-,24?,28?,29?/m0/s1. The first-order valence-corrected chi connectivity index (χ1v) is 14.1. The number of carbonyl (C=O) groups is 3. The van der Waals surface area contributed by atoms with Crippen LogP contribution in [0.25, 0.3) is 0 Å². The molecular formula is C32H43N3O3. The molecule has 1 saturated carbocycles. The Labute approximate surface area is 227 Å². The number of nitrogens with one attached hydrogen (secondary N) is 2. The molecule has 3 amide bonds. The largest absolute Gasteiger partial charge is 0.358 e. The first kappa shape index (κ1) is 27.9. The second-order valence-electron chi connectivity index (χ2n) is 12.2. The van der Waals surface area contributed by atoms with Gasteiger partial charge in [-0.2, -0.15) is 0 Å². The van der Waals surface area contributed by atoms with E-state index in [-0.39, 0.29) is 35.1 Å². The average Bonchev–Trinajstić information content (AvgIpc) is 2.91. The Kier molecular flexibility index (Phi) is 8.91. The zero-order valence-electron chi connectivity index (χ0n) is 23.3. The van der Waals surface area contributed by atoms with Gasteiger partial charge in [0.05, 0.1) is 5.92 Å². The molecule has 2 aromatic rings. The van der Waals surface area contributed by atoms with E-state index in [4.69, 9.17) is 0 Å². The molecule has 204 valence electrons. The van der Waals surface area contributed by atoms with Crippen molar-refractivity contribution in [3.05, 3.63) is 65.2 Å². The Morgan fingerprint density at radius 1 is 1.03 bits per heavy atom. The van der Waals surface area contributed by atoms with Crippen LogP contribution in [0, 0.1) is 24.7 Å². The second-order valence-corrected chi connectivity index (χ2v) is 12.2. The van der Waals surface area contributed by atoms with Crippen LogP contribution in [0.5, 0.6) is 0 Å². The van der Waals surface area contributed by atoms with E-state index in [1.54, 1.807) is 0 Å². The molecule has 0 aromatic heterocycles. The normalized spacial score (nSPS) is 23.9. The number of rotatable bonds is 7. The Morgan fingerprint density at radius 3 is 2.55 bits per heavy atom. The summed E-state index contributed by atoms with van der Waals surface area (Å²) in [6.07, 6.45) is 6.33. The molecule has 1 saturated heterocycles. The lowest BCUT2D eigenvalue weighted by molar-refractivity contribution is -0.124. The summed E-state index contributed by atoms with van der Waals surface area (Å²) >= 11 is 0. The summed E-state index contributed by atoms with van der Waals surface area (Å²) in [5.41, 5.74) is 3.63. The minimum atomic E-state index is -0.280. The van der Waals surface area contributed by atoms with Gasteiger partial charge < -0.3 is 15.5 Å². The predicted octanol–water partition coefficient (Wildman–Crippen LogP) is 5.70. The molecule has 2 N–H and O–H groups in total. The highest BCUT2D eigenvalue weighted by molar-refractivity contribution is 5.97. The monoisotopic (exact) mass is 517 g/mol. The lowest BCUT2D eigenvalue weighted by atomic mass is 9.71. The minimum absolute atomic E-state index is 0.00326. The number of hydrogen-bond acceptors (Lipinski definition) is 3.